The molecule has 1 aromatic rings. The Balaban J connectivity index is 3.13. The van der Waals surface area contributed by atoms with Crippen molar-refractivity contribution >= 4 is 0 Å². The van der Waals surface area contributed by atoms with Crippen molar-refractivity contribution in [2.75, 3.05) is 6.61 Å². The number of rotatable bonds is 5. The molecule has 0 heterocycles. The molecule has 0 fully saturated rings. The molecule has 0 aliphatic rings. The maximum atomic E-state index is 12.5. The van der Waals surface area contributed by atoms with Crippen LogP contribution in [0.1, 0.15) is 39.3 Å². The van der Waals surface area contributed by atoms with Gasteiger partial charge in [0.25, 0.3) is 0 Å². The molecule has 21 heavy (non-hydrogen) atoms. The minimum Gasteiger partial charge on any atom is -0.405 e. The van der Waals surface area contributed by atoms with Gasteiger partial charge in [0.15, 0.2) is 0 Å². The summed E-state index contributed by atoms with van der Waals surface area (Å²) >= 11 is 0. The Labute approximate surface area is 123 Å². The van der Waals surface area contributed by atoms with Crippen LogP contribution in [0, 0.1) is 5.41 Å². The van der Waals surface area contributed by atoms with Crippen LogP contribution in [-0.2, 0) is 4.74 Å². The lowest BCUT2D eigenvalue weighted by Crippen LogP contribution is -2.39. The Bertz CT molecular complexity index is 455. The van der Waals surface area contributed by atoms with Crippen molar-refractivity contribution < 1.29 is 22.6 Å². The van der Waals surface area contributed by atoms with Crippen LogP contribution in [0.5, 0.6) is 5.75 Å². The Kier molecular flexibility index (Phi) is 5.64. The number of nitrogens with two attached hydrogens (primary N) is 1. The van der Waals surface area contributed by atoms with Gasteiger partial charge in [0.05, 0.1) is 12.1 Å². The van der Waals surface area contributed by atoms with Crippen LogP contribution in [0.4, 0.5) is 13.2 Å². The highest BCUT2D eigenvalue weighted by Crippen LogP contribution is 2.36. The maximum Gasteiger partial charge on any atom is 0.573 e. The number of halogens is 3. The second-order valence-electron chi connectivity index (χ2n) is 5.85. The molecule has 3 nitrogen and oxygen atoms in total. The van der Waals surface area contributed by atoms with E-state index in [1.54, 1.807) is 6.07 Å². The second-order valence-corrected chi connectivity index (χ2v) is 5.85. The van der Waals surface area contributed by atoms with Crippen LogP contribution in [0.2, 0.25) is 0 Å². The number of alkyl halides is 3. The van der Waals surface area contributed by atoms with Gasteiger partial charge < -0.3 is 15.2 Å². The number of benzene rings is 1. The molecule has 2 unspecified atom stereocenters. The van der Waals surface area contributed by atoms with Gasteiger partial charge in [-0.15, -0.1) is 13.2 Å². The number of hydrogen-bond donors (Lipinski definition) is 1. The van der Waals surface area contributed by atoms with E-state index in [2.05, 4.69) is 4.74 Å². The lowest BCUT2D eigenvalue weighted by atomic mass is 9.82. The molecule has 2 N–H and O–H groups in total. The molecule has 0 aliphatic carbocycles. The smallest absolute Gasteiger partial charge is 0.405 e. The van der Waals surface area contributed by atoms with Crippen molar-refractivity contribution in [3.8, 4) is 5.75 Å². The first-order valence-corrected chi connectivity index (χ1v) is 6.78. The van der Waals surface area contributed by atoms with Gasteiger partial charge in [-0.05, 0) is 18.4 Å². The molecule has 1 aromatic carbocycles. The highest BCUT2D eigenvalue weighted by molar-refractivity contribution is 5.36. The third kappa shape index (κ3) is 5.21. The molecule has 0 amide bonds. The van der Waals surface area contributed by atoms with Gasteiger partial charge in [0.2, 0.25) is 0 Å². The van der Waals surface area contributed by atoms with E-state index in [1.165, 1.54) is 18.2 Å². The summed E-state index contributed by atoms with van der Waals surface area (Å²) in [5.41, 5.74) is 6.12. The van der Waals surface area contributed by atoms with Crippen molar-refractivity contribution in [1.29, 1.82) is 0 Å². The van der Waals surface area contributed by atoms with Crippen molar-refractivity contribution in [1.82, 2.24) is 0 Å². The SMILES string of the molecule is CCOC(C(N)c1ccccc1OC(F)(F)F)C(C)(C)C. The van der Waals surface area contributed by atoms with Crippen molar-refractivity contribution in [3.05, 3.63) is 29.8 Å². The quantitative estimate of drug-likeness (QED) is 0.893. The topological polar surface area (TPSA) is 44.5 Å². The Morgan fingerprint density at radius 2 is 1.71 bits per heavy atom. The first-order valence-electron chi connectivity index (χ1n) is 6.78. The summed E-state index contributed by atoms with van der Waals surface area (Å²) in [7, 11) is 0. The Hall–Kier alpha value is -1.27. The van der Waals surface area contributed by atoms with Crippen LogP contribution in [0.3, 0.4) is 0 Å². The highest BCUT2D eigenvalue weighted by atomic mass is 19.4. The molecular formula is C15H22F3NO2. The highest BCUT2D eigenvalue weighted by Gasteiger charge is 2.36. The minimum absolute atomic E-state index is 0.281. The van der Waals surface area contributed by atoms with Crippen LogP contribution in [-0.4, -0.2) is 19.1 Å². The van der Waals surface area contributed by atoms with Gasteiger partial charge in [-0.3, -0.25) is 0 Å². The summed E-state index contributed by atoms with van der Waals surface area (Å²) in [6.07, 6.45) is -5.18. The van der Waals surface area contributed by atoms with E-state index in [0.717, 1.165) is 0 Å². The van der Waals surface area contributed by atoms with Crippen molar-refractivity contribution in [3.63, 3.8) is 0 Å². The molecule has 0 spiro atoms. The molecule has 0 aromatic heterocycles. The van der Waals surface area contributed by atoms with Gasteiger partial charge in [-0.1, -0.05) is 39.0 Å². The largest absolute Gasteiger partial charge is 0.573 e. The standard InChI is InChI=1S/C15H22F3NO2/c1-5-20-13(14(2,3)4)12(19)10-8-6-7-9-11(10)21-15(16,17)18/h6-9,12-13H,5,19H2,1-4H3. The Morgan fingerprint density at radius 1 is 1.14 bits per heavy atom. The van der Waals surface area contributed by atoms with Crippen molar-refractivity contribution in [2.45, 2.75) is 46.2 Å². The molecule has 0 saturated heterocycles. The van der Waals surface area contributed by atoms with E-state index >= 15 is 0 Å². The zero-order chi connectivity index (χ0) is 16.3. The predicted molar refractivity (Wildman–Crippen MR) is 74.9 cm³/mol. The molecule has 0 aliphatic heterocycles. The lowest BCUT2D eigenvalue weighted by Gasteiger charge is -2.35. The van der Waals surface area contributed by atoms with Crippen LogP contribution in [0.25, 0.3) is 0 Å². The third-order valence-corrected chi connectivity index (χ3v) is 3.03. The normalized spacial score (nSPS) is 15.6. The van der Waals surface area contributed by atoms with Gasteiger partial charge >= 0.3 is 6.36 Å². The van der Waals surface area contributed by atoms with Gasteiger partial charge in [0, 0.05) is 12.2 Å². The van der Waals surface area contributed by atoms with Gasteiger partial charge in [0.1, 0.15) is 5.75 Å². The fourth-order valence-electron chi connectivity index (χ4n) is 2.21. The number of ether oxygens (including phenoxy) is 2. The second kappa shape index (κ2) is 6.66. The average Bonchev–Trinajstić information content (AvgIpc) is 2.32. The molecule has 1 rings (SSSR count). The summed E-state index contributed by atoms with van der Waals surface area (Å²) in [5, 5.41) is 0. The number of para-hydroxylation sites is 1. The van der Waals surface area contributed by atoms with Crippen molar-refractivity contribution in [2.24, 2.45) is 11.1 Å². The first kappa shape index (κ1) is 17.8. The summed E-state index contributed by atoms with van der Waals surface area (Å²) in [6.45, 7) is 8.04. The maximum absolute atomic E-state index is 12.5. The molecule has 120 valence electrons. The molecule has 0 radical (unpaired) electrons. The van der Waals surface area contributed by atoms with E-state index in [-0.39, 0.29) is 16.7 Å². The molecule has 0 saturated carbocycles. The van der Waals surface area contributed by atoms with E-state index in [4.69, 9.17) is 10.5 Å². The summed E-state index contributed by atoms with van der Waals surface area (Å²) in [6, 6.07) is 5.18. The third-order valence-electron chi connectivity index (χ3n) is 3.03. The lowest BCUT2D eigenvalue weighted by molar-refractivity contribution is -0.275. The van der Waals surface area contributed by atoms with E-state index in [9.17, 15) is 13.2 Å². The fraction of sp³-hybridized carbons (Fsp3) is 0.600. The zero-order valence-corrected chi connectivity index (χ0v) is 12.7. The van der Waals surface area contributed by atoms with Crippen LogP contribution in [0.15, 0.2) is 24.3 Å². The van der Waals surface area contributed by atoms with Crippen LogP contribution >= 0.6 is 0 Å². The number of hydrogen-bond acceptors (Lipinski definition) is 3. The molecule has 0 bridgehead atoms. The van der Waals surface area contributed by atoms with E-state index in [0.29, 0.717) is 6.61 Å². The first-order chi connectivity index (χ1) is 9.56. The summed E-state index contributed by atoms with van der Waals surface area (Å²) in [5.74, 6) is -0.286. The molecule has 2 atom stereocenters. The van der Waals surface area contributed by atoms with Gasteiger partial charge in [-0.2, -0.15) is 0 Å². The van der Waals surface area contributed by atoms with Gasteiger partial charge in [-0.25, -0.2) is 0 Å². The predicted octanol–water partition coefficient (Wildman–Crippen LogP) is 4.04. The minimum atomic E-state index is -4.75. The fourth-order valence-corrected chi connectivity index (χ4v) is 2.21. The van der Waals surface area contributed by atoms with Crippen LogP contribution < -0.4 is 10.5 Å². The summed E-state index contributed by atoms with van der Waals surface area (Å²) in [4.78, 5) is 0. The average molecular weight is 305 g/mol. The zero-order valence-electron chi connectivity index (χ0n) is 12.7. The molecule has 6 heteroatoms. The van der Waals surface area contributed by atoms with E-state index < -0.39 is 18.5 Å². The summed E-state index contributed by atoms with van der Waals surface area (Å²) < 4.78 is 47.1. The molecular weight excluding hydrogens is 283 g/mol. The van der Waals surface area contributed by atoms with E-state index in [1.807, 2.05) is 27.7 Å². The monoisotopic (exact) mass is 305 g/mol. The Morgan fingerprint density at radius 3 is 2.19 bits per heavy atom.